The number of hydrogen-bond donors (Lipinski definition) is 6. The summed E-state index contributed by atoms with van der Waals surface area (Å²) in [5.74, 6) is -1.61. The van der Waals surface area contributed by atoms with Gasteiger partial charge in [0, 0.05) is 18.1 Å². The Kier molecular flexibility index (Phi) is 5.95. The SMILES string of the molecule is O=C(O)[C@H]1O[C@@H](Nc2ccc(S(=O)(=O)Nc3ncccn3)cc2)[C@H](O)[C@@H](O)[C@@H]1O. The minimum Gasteiger partial charge on any atom is -0.479 e. The minimum absolute atomic E-state index is 0.0966. The van der Waals surface area contributed by atoms with Crippen LogP contribution in [0.5, 0.6) is 0 Å². The molecule has 1 aliphatic rings. The van der Waals surface area contributed by atoms with Crippen molar-refractivity contribution in [3.63, 3.8) is 0 Å². The quantitative estimate of drug-likeness (QED) is 0.318. The molecule has 13 heteroatoms. The minimum atomic E-state index is -3.94. The van der Waals surface area contributed by atoms with Crippen LogP contribution >= 0.6 is 0 Å². The van der Waals surface area contributed by atoms with Crippen LogP contribution < -0.4 is 10.0 Å². The normalized spacial score (nSPS) is 27.2. The second kappa shape index (κ2) is 8.26. The Morgan fingerprint density at radius 1 is 1.00 bits per heavy atom. The summed E-state index contributed by atoms with van der Waals surface area (Å²) in [5, 5.41) is 41.2. The van der Waals surface area contributed by atoms with Gasteiger partial charge in [0.2, 0.25) is 5.95 Å². The summed E-state index contributed by atoms with van der Waals surface area (Å²) < 4.78 is 32.0. The van der Waals surface area contributed by atoms with Crippen molar-refractivity contribution in [1.82, 2.24) is 9.97 Å². The van der Waals surface area contributed by atoms with E-state index in [9.17, 15) is 28.5 Å². The van der Waals surface area contributed by atoms with Crippen molar-refractivity contribution >= 4 is 27.6 Å². The molecule has 0 amide bonds. The number of aliphatic hydroxyl groups excluding tert-OH is 3. The number of aliphatic hydroxyl groups is 3. The number of rotatable bonds is 6. The highest BCUT2D eigenvalue weighted by molar-refractivity contribution is 7.92. The number of aliphatic carboxylic acids is 1. The van der Waals surface area contributed by atoms with Gasteiger partial charge in [0.25, 0.3) is 10.0 Å². The third-order valence-corrected chi connectivity index (χ3v) is 5.47. The standard InChI is InChI=1S/C16H18N4O8S/c21-10-11(22)13(15(24)25)28-14(12(10)23)19-8-2-4-9(5-3-8)29(26,27)20-16-17-6-1-7-18-16/h1-7,10-14,19,21-23H,(H,24,25)(H,17,18,20)/t10-,11-,12+,13-,14+/m0/s1. The highest BCUT2D eigenvalue weighted by Crippen LogP contribution is 2.24. The van der Waals surface area contributed by atoms with Crippen molar-refractivity contribution in [3.8, 4) is 0 Å². The lowest BCUT2D eigenvalue weighted by Gasteiger charge is -2.39. The van der Waals surface area contributed by atoms with Crippen molar-refractivity contribution < 1.29 is 38.4 Å². The number of benzene rings is 1. The predicted molar refractivity (Wildman–Crippen MR) is 97.2 cm³/mol. The molecule has 156 valence electrons. The number of aromatic nitrogens is 2. The van der Waals surface area contributed by atoms with Crippen LogP contribution in [0.2, 0.25) is 0 Å². The van der Waals surface area contributed by atoms with Crippen LogP contribution in [0.3, 0.4) is 0 Å². The molecule has 0 aliphatic carbocycles. The largest absolute Gasteiger partial charge is 0.479 e. The molecule has 1 aromatic carbocycles. The van der Waals surface area contributed by atoms with Crippen LogP contribution in [0.1, 0.15) is 0 Å². The molecule has 0 spiro atoms. The first kappa shape index (κ1) is 20.9. The summed E-state index contributed by atoms with van der Waals surface area (Å²) in [6.07, 6.45) is -5.53. The van der Waals surface area contributed by atoms with Crippen molar-refractivity contribution in [2.24, 2.45) is 0 Å². The fraction of sp³-hybridized carbons (Fsp3) is 0.312. The monoisotopic (exact) mass is 426 g/mol. The van der Waals surface area contributed by atoms with Crippen LogP contribution in [0, 0.1) is 0 Å². The van der Waals surface area contributed by atoms with Gasteiger partial charge in [0.1, 0.15) is 18.3 Å². The van der Waals surface area contributed by atoms with Gasteiger partial charge in [0.15, 0.2) is 12.3 Å². The first-order chi connectivity index (χ1) is 13.7. The molecule has 6 N–H and O–H groups in total. The molecule has 2 aromatic rings. The van der Waals surface area contributed by atoms with Gasteiger partial charge in [-0.2, -0.15) is 0 Å². The van der Waals surface area contributed by atoms with E-state index in [2.05, 4.69) is 20.0 Å². The van der Waals surface area contributed by atoms with Gasteiger partial charge in [-0.3, -0.25) is 0 Å². The second-order valence-corrected chi connectivity index (χ2v) is 7.82. The third kappa shape index (κ3) is 4.60. The van der Waals surface area contributed by atoms with Gasteiger partial charge < -0.3 is 30.5 Å². The Bertz CT molecular complexity index is 957. The maximum Gasteiger partial charge on any atom is 0.335 e. The lowest BCUT2D eigenvalue weighted by molar-refractivity contribution is -0.221. The summed E-state index contributed by atoms with van der Waals surface area (Å²) in [6, 6.07) is 6.74. The van der Waals surface area contributed by atoms with Gasteiger partial charge in [-0.25, -0.2) is 27.9 Å². The van der Waals surface area contributed by atoms with E-state index in [1.807, 2.05) is 0 Å². The smallest absolute Gasteiger partial charge is 0.335 e. The van der Waals surface area contributed by atoms with Crippen LogP contribution in [0.4, 0.5) is 11.6 Å². The number of carbonyl (C=O) groups is 1. The van der Waals surface area contributed by atoms with Crippen LogP contribution in [0.15, 0.2) is 47.6 Å². The van der Waals surface area contributed by atoms with Gasteiger partial charge >= 0.3 is 5.97 Å². The second-order valence-electron chi connectivity index (χ2n) is 6.13. The van der Waals surface area contributed by atoms with Crippen LogP contribution in [-0.2, 0) is 19.6 Å². The Hall–Kier alpha value is -2.84. The predicted octanol–water partition coefficient (Wildman–Crippen LogP) is -1.42. The number of hydrogen-bond acceptors (Lipinski definition) is 10. The van der Waals surface area contributed by atoms with E-state index in [1.165, 1.54) is 42.7 Å². The molecule has 12 nitrogen and oxygen atoms in total. The van der Waals surface area contributed by atoms with Crippen molar-refractivity contribution in [3.05, 3.63) is 42.7 Å². The molecule has 0 bridgehead atoms. The number of carboxylic acids is 1. The van der Waals surface area contributed by atoms with E-state index in [4.69, 9.17) is 9.84 Å². The zero-order valence-corrected chi connectivity index (χ0v) is 15.5. The summed E-state index contributed by atoms with van der Waals surface area (Å²) in [5.41, 5.74) is 0.275. The van der Waals surface area contributed by atoms with Gasteiger partial charge in [0.05, 0.1) is 4.90 Å². The molecule has 1 aromatic heterocycles. The van der Waals surface area contributed by atoms with Gasteiger partial charge in [-0.15, -0.1) is 0 Å². The molecule has 0 radical (unpaired) electrons. The molecule has 29 heavy (non-hydrogen) atoms. The van der Waals surface area contributed by atoms with E-state index >= 15 is 0 Å². The van der Waals surface area contributed by atoms with Crippen molar-refractivity contribution in [2.45, 2.75) is 35.5 Å². The Balaban J connectivity index is 1.72. The molecule has 1 fully saturated rings. The highest BCUT2D eigenvalue weighted by Gasteiger charge is 2.46. The molecular weight excluding hydrogens is 408 g/mol. The van der Waals surface area contributed by atoms with Gasteiger partial charge in [-0.1, -0.05) is 0 Å². The topological polar surface area (TPSA) is 191 Å². The molecule has 0 saturated carbocycles. The molecule has 1 aliphatic heterocycles. The summed E-state index contributed by atoms with van der Waals surface area (Å²) in [6.45, 7) is 0. The van der Waals surface area contributed by atoms with E-state index in [0.717, 1.165) is 0 Å². The van der Waals surface area contributed by atoms with Crippen LogP contribution in [-0.4, -0.2) is 75.4 Å². The fourth-order valence-corrected chi connectivity index (χ4v) is 3.59. The van der Waals surface area contributed by atoms with Crippen molar-refractivity contribution in [2.75, 3.05) is 10.0 Å². The maximum atomic E-state index is 12.3. The van der Waals surface area contributed by atoms with E-state index in [1.54, 1.807) is 0 Å². The molecular formula is C16H18N4O8S. The molecule has 3 rings (SSSR count). The summed E-state index contributed by atoms with van der Waals surface area (Å²) in [7, 11) is -3.94. The molecule has 2 heterocycles. The highest BCUT2D eigenvalue weighted by atomic mass is 32.2. The fourth-order valence-electron chi connectivity index (χ4n) is 2.63. The molecule has 5 atom stereocenters. The summed E-state index contributed by atoms with van der Waals surface area (Å²) in [4.78, 5) is 18.6. The van der Waals surface area contributed by atoms with Crippen molar-refractivity contribution in [1.29, 1.82) is 0 Å². The van der Waals surface area contributed by atoms with E-state index in [-0.39, 0.29) is 16.5 Å². The Morgan fingerprint density at radius 2 is 1.62 bits per heavy atom. The number of carboxylic acid groups (broad SMARTS) is 1. The zero-order chi connectivity index (χ0) is 21.2. The Morgan fingerprint density at radius 3 is 2.21 bits per heavy atom. The first-order valence-corrected chi connectivity index (χ1v) is 9.76. The average molecular weight is 426 g/mol. The number of nitrogens with zero attached hydrogens (tertiary/aromatic N) is 2. The summed E-state index contributed by atoms with van der Waals surface area (Å²) >= 11 is 0. The van der Waals surface area contributed by atoms with E-state index < -0.39 is 46.6 Å². The van der Waals surface area contributed by atoms with Crippen LogP contribution in [0.25, 0.3) is 0 Å². The number of anilines is 2. The molecule has 0 unspecified atom stereocenters. The third-order valence-electron chi connectivity index (χ3n) is 4.12. The zero-order valence-electron chi connectivity index (χ0n) is 14.7. The van der Waals surface area contributed by atoms with E-state index in [0.29, 0.717) is 0 Å². The lowest BCUT2D eigenvalue weighted by Crippen LogP contribution is -2.61. The lowest BCUT2D eigenvalue weighted by atomic mass is 9.98. The maximum absolute atomic E-state index is 12.3. The first-order valence-electron chi connectivity index (χ1n) is 8.28. The average Bonchev–Trinajstić information content (AvgIpc) is 2.69. The number of sulfonamides is 1. The van der Waals surface area contributed by atoms with Gasteiger partial charge in [-0.05, 0) is 30.3 Å². The number of ether oxygens (including phenoxy) is 1. The Labute approximate surface area is 164 Å². The number of nitrogens with one attached hydrogen (secondary N) is 2. The molecule has 1 saturated heterocycles.